The van der Waals surface area contributed by atoms with Crippen LogP contribution in [-0.2, 0) is 4.74 Å². The number of pyridine rings is 1. The Labute approximate surface area is 119 Å². The Bertz CT molecular complexity index is 419. The summed E-state index contributed by atoms with van der Waals surface area (Å²) in [7, 11) is 0. The molecule has 1 saturated carbocycles. The molecule has 1 heterocycles. The molecule has 5 heteroatoms. The van der Waals surface area contributed by atoms with Gasteiger partial charge in [-0.2, -0.15) is 0 Å². The molecule has 2 rings (SSSR count). The van der Waals surface area contributed by atoms with Crippen LogP contribution in [0.1, 0.15) is 37.8 Å². The number of ether oxygens (including phenoxy) is 1. The van der Waals surface area contributed by atoms with Gasteiger partial charge in [0.15, 0.2) is 0 Å². The highest BCUT2D eigenvalue weighted by atomic mass is 32.1. The first kappa shape index (κ1) is 14.2. The van der Waals surface area contributed by atoms with E-state index in [0.29, 0.717) is 23.4 Å². The van der Waals surface area contributed by atoms with Crippen molar-refractivity contribution in [2.24, 2.45) is 5.73 Å². The monoisotopic (exact) mass is 279 g/mol. The largest absolute Gasteiger partial charge is 0.388 e. The number of rotatable bonds is 6. The van der Waals surface area contributed by atoms with Crippen molar-refractivity contribution in [3.63, 3.8) is 0 Å². The van der Waals surface area contributed by atoms with Crippen LogP contribution >= 0.6 is 12.2 Å². The Morgan fingerprint density at radius 1 is 1.37 bits per heavy atom. The first-order valence-electron chi connectivity index (χ1n) is 6.88. The van der Waals surface area contributed by atoms with Crippen LogP contribution < -0.4 is 11.1 Å². The number of nitrogens with one attached hydrogen (secondary N) is 1. The number of hydrogen-bond acceptors (Lipinski definition) is 4. The molecule has 0 unspecified atom stereocenters. The van der Waals surface area contributed by atoms with Gasteiger partial charge in [-0.1, -0.05) is 37.5 Å². The lowest BCUT2D eigenvalue weighted by Gasteiger charge is -2.22. The second-order valence-electron chi connectivity index (χ2n) is 4.83. The van der Waals surface area contributed by atoms with Gasteiger partial charge in [0, 0.05) is 6.54 Å². The van der Waals surface area contributed by atoms with E-state index >= 15 is 0 Å². The van der Waals surface area contributed by atoms with Gasteiger partial charge in [-0.25, -0.2) is 4.98 Å². The van der Waals surface area contributed by atoms with Gasteiger partial charge in [0.25, 0.3) is 0 Å². The van der Waals surface area contributed by atoms with E-state index in [-0.39, 0.29) is 0 Å². The Hall–Kier alpha value is -1.20. The van der Waals surface area contributed by atoms with E-state index in [9.17, 15) is 0 Å². The van der Waals surface area contributed by atoms with E-state index in [1.165, 1.54) is 32.1 Å². The third-order valence-corrected chi connectivity index (χ3v) is 3.52. The minimum Gasteiger partial charge on any atom is -0.388 e. The maximum absolute atomic E-state index is 5.84. The molecule has 4 nitrogen and oxygen atoms in total. The summed E-state index contributed by atoms with van der Waals surface area (Å²) in [6.07, 6.45) is 6.81. The summed E-state index contributed by atoms with van der Waals surface area (Å²) in [4.78, 5) is 4.65. The highest BCUT2D eigenvalue weighted by Gasteiger charge is 2.12. The van der Waals surface area contributed by atoms with Gasteiger partial charge < -0.3 is 15.8 Å². The second kappa shape index (κ2) is 7.40. The topological polar surface area (TPSA) is 60.2 Å². The fourth-order valence-corrected chi connectivity index (χ4v) is 2.42. The number of thiocarbonyl (C=S) groups is 1. The minimum atomic E-state index is 0.321. The standard InChI is InChI=1S/C14H21N3OS/c15-14(19)12-7-4-8-13(17-12)16-9-10-18-11-5-2-1-3-6-11/h4,7-8,11H,1-3,5-6,9-10H2,(H2,15,19)(H,16,17). The zero-order valence-corrected chi connectivity index (χ0v) is 11.9. The summed E-state index contributed by atoms with van der Waals surface area (Å²) in [5.41, 5.74) is 6.20. The van der Waals surface area contributed by atoms with Crippen molar-refractivity contribution in [2.45, 2.75) is 38.2 Å². The molecule has 3 N–H and O–H groups in total. The molecular weight excluding hydrogens is 258 g/mol. The summed E-state index contributed by atoms with van der Waals surface area (Å²) in [5.74, 6) is 0.789. The fourth-order valence-electron chi connectivity index (χ4n) is 2.31. The molecule has 1 aromatic heterocycles. The molecule has 0 bridgehead atoms. The number of nitrogens with zero attached hydrogens (tertiary/aromatic N) is 1. The van der Waals surface area contributed by atoms with Crippen LogP contribution in [0.4, 0.5) is 5.82 Å². The Kier molecular flexibility index (Phi) is 5.54. The molecule has 1 aliphatic rings. The molecule has 0 amide bonds. The van der Waals surface area contributed by atoms with Crippen molar-refractivity contribution < 1.29 is 4.74 Å². The third kappa shape index (κ3) is 4.76. The SMILES string of the molecule is NC(=S)c1cccc(NCCOC2CCCCC2)n1. The fraction of sp³-hybridized carbons (Fsp3) is 0.571. The molecule has 0 saturated heterocycles. The highest BCUT2D eigenvalue weighted by Crippen LogP contribution is 2.19. The predicted molar refractivity (Wildman–Crippen MR) is 81.4 cm³/mol. The van der Waals surface area contributed by atoms with E-state index < -0.39 is 0 Å². The van der Waals surface area contributed by atoms with E-state index in [4.69, 9.17) is 22.7 Å². The summed E-state index contributed by atoms with van der Waals surface area (Å²) in [5, 5.41) is 3.23. The van der Waals surface area contributed by atoms with Crippen molar-refractivity contribution >= 4 is 23.0 Å². The lowest BCUT2D eigenvalue weighted by atomic mass is 9.98. The van der Waals surface area contributed by atoms with Crippen molar-refractivity contribution in [3.05, 3.63) is 23.9 Å². The number of nitrogens with two attached hydrogens (primary N) is 1. The minimum absolute atomic E-state index is 0.321. The van der Waals surface area contributed by atoms with Crippen molar-refractivity contribution in [2.75, 3.05) is 18.5 Å². The Balaban J connectivity index is 1.70. The van der Waals surface area contributed by atoms with Crippen LogP contribution in [0.15, 0.2) is 18.2 Å². The lowest BCUT2D eigenvalue weighted by molar-refractivity contribution is 0.0347. The Morgan fingerprint density at radius 3 is 2.89 bits per heavy atom. The second-order valence-corrected chi connectivity index (χ2v) is 5.27. The van der Waals surface area contributed by atoms with Crippen LogP contribution in [0.25, 0.3) is 0 Å². The van der Waals surface area contributed by atoms with Gasteiger partial charge in [-0.3, -0.25) is 0 Å². The van der Waals surface area contributed by atoms with Gasteiger partial charge in [-0.05, 0) is 25.0 Å². The van der Waals surface area contributed by atoms with E-state index in [0.717, 1.165) is 12.4 Å². The molecular formula is C14H21N3OS. The zero-order valence-electron chi connectivity index (χ0n) is 11.1. The average molecular weight is 279 g/mol. The number of aromatic nitrogens is 1. The first-order valence-corrected chi connectivity index (χ1v) is 7.29. The van der Waals surface area contributed by atoms with Crippen LogP contribution in [0.5, 0.6) is 0 Å². The van der Waals surface area contributed by atoms with E-state index in [2.05, 4.69) is 10.3 Å². The maximum atomic E-state index is 5.84. The molecule has 1 fully saturated rings. The number of anilines is 1. The summed E-state index contributed by atoms with van der Waals surface area (Å²) < 4.78 is 5.84. The van der Waals surface area contributed by atoms with E-state index in [1.807, 2.05) is 18.2 Å². The van der Waals surface area contributed by atoms with Crippen LogP contribution in [0.3, 0.4) is 0 Å². The molecule has 19 heavy (non-hydrogen) atoms. The Morgan fingerprint density at radius 2 is 2.16 bits per heavy atom. The summed E-state index contributed by atoms with van der Waals surface area (Å²) in [6.45, 7) is 1.47. The van der Waals surface area contributed by atoms with Crippen molar-refractivity contribution in [3.8, 4) is 0 Å². The van der Waals surface area contributed by atoms with Gasteiger partial charge in [-0.15, -0.1) is 0 Å². The zero-order chi connectivity index (χ0) is 13.5. The van der Waals surface area contributed by atoms with E-state index in [1.54, 1.807) is 0 Å². The molecule has 1 aromatic rings. The van der Waals surface area contributed by atoms with Gasteiger partial charge in [0.2, 0.25) is 0 Å². The first-order chi connectivity index (χ1) is 9.25. The van der Waals surface area contributed by atoms with Crippen molar-refractivity contribution in [1.29, 1.82) is 0 Å². The van der Waals surface area contributed by atoms with Gasteiger partial charge >= 0.3 is 0 Å². The van der Waals surface area contributed by atoms with Crippen LogP contribution in [0, 0.1) is 0 Å². The molecule has 104 valence electrons. The van der Waals surface area contributed by atoms with Gasteiger partial charge in [0.05, 0.1) is 18.4 Å². The maximum Gasteiger partial charge on any atom is 0.126 e. The summed E-state index contributed by atoms with van der Waals surface area (Å²) >= 11 is 4.91. The summed E-state index contributed by atoms with van der Waals surface area (Å²) in [6, 6.07) is 5.61. The van der Waals surface area contributed by atoms with Crippen LogP contribution in [-0.4, -0.2) is 29.2 Å². The molecule has 0 aliphatic heterocycles. The molecule has 1 aliphatic carbocycles. The normalized spacial score (nSPS) is 16.2. The lowest BCUT2D eigenvalue weighted by Crippen LogP contribution is -2.21. The van der Waals surface area contributed by atoms with Crippen molar-refractivity contribution in [1.82, 2.24) is 4.98 Å². The highest BCUT2D eigenvalue weighted by molar-refractivity contribution is 7.80. The molecule has 0 atom stereocenters. The van der Waals surface area contributed by atoms with Gasteiger partial charge in [0.1, 0.15) is 10.8 Å². The molecule has 0 radical (unpaired) electrons. The predicted octanol–water partition coefficient (Wildman–Crippen LogP) is 2.48. The smallest absolute Gasteiger partial charge is 0.126 e. The average Bonchev–Trinajstić information content (AvgIpc) is 2.45. The molecule has 0 aromatic carbocycles. The van der Waals surface area contributed by atoms with Crippen LogP contribution in [0.2, 0.25) is 0 Å². The third-order valence-electron chi connectivity index (χ3n) is 3.32. The quantitative estimate of drug-likeness (QED) is 0.619. The number of hydrogen-bond donors (Lipinski definition) is 2. The molecule has 0 spiro atoms.